The highest BCUT2D eigenvalue weighted by atomic mass is 16.4. The summed E-state index contributed by atoms with van der Waals surface area (Å²) in [6.07, 6.45) is 9.30. The van der Waals surface area contributed by atoms with Crippen molar-refractivity contribution in [3.63, 3.8) is 0 Å². The molecule has 1 heterocycles. The third-order valence-corrected chi connectivity index (χ3v) is 5.92. The van der Waals surface area contributed by atoms with Crippen LogP contribution in [0.5, 0.6) is 0 Å². The van der Waals surface area contributed by atoms with Crippen LogP contribution >= 0.6 is 0 Å². The Balaban J connectivity index is 1.43. The van der Waals surface area contributed by atoms with Crippen LogP contribution in [0.1, 0.15) is 50.1 Å². The fourth-order valence-electron chi connectivity index (χ4n) is 5.36. The van der Waals surface area contributed by atoms with E-state index < -0.39 is 0 Å². The lowest BCUT2D eigenvalue weighted by atomic mass is 9.51. The van der Waals surface area contributed by atoms with Crippen LogP contribution in [0.3, 0.4) is 0 Å². The maximum atomic E-state index is 8.86. The van der Waals surface area contributed by atoms with Crippen molar-refractivity contribution >= 4 is 5.88 Å². The SMILES string of the molecule is N#Cc1nc(CCC2C3CC4CC(C3)CC2C4)oc1N. The van der Waals surface area contributed by atoms with E-state index in [2.05, 4.69) is 4.98 Å². The maximum absolute atomic E-state index is 8.86. The zero-order chi connectivity index (χ0) is 13.7. The second-order valence-electron chi connectivity index (χ2n) is 7.07. The molecule has 0 atom stereocenters. The number of nitriles is 1. The van der Waals surface area contributed by atoms with Gasteiger partial charge in [0.1, 0.15) is 6.07 Å². The van der Waals surface area contributed by atoms with E-state index in [9.17, 15) is 0 Å². The summed E-state index contributed by atoms with van der Waals surface area (Å²) in [6, 6.07) is 1.98. The van der Waals surface area contributed by atoms with E-state index in [-0.39, 0.29) is 11.6 Å². The van der Waals surface area contributed by atoms with Gasteiger partial charge >= 0.3 is 0 Å². The number of nitrogens with zero attached hydrogens (tertiary/aromatic N) is 2. The van der Waals surface area contributed by atoms with Gasteiger partial charge in [-0.05, 0) is 68.1 Å². The molecule has 5 rings (SSSR count). The molecule has 0 saturated heterocycles. The second-order valence-corrected chi connectivity index (χ2v) is 7.07. The second kappa shape index (κ2) is 4.51. The van der Waals surface area contributed by atoms with Gasteiger partial charge in [-0.1, -0.05) is 0 Å². The van der Waals surface area contributed by atoms with Crippen molar-refractivity contribution in [1.82, 2.24) is 4.98 Å². The Kier molecular flexibility index (Phi) is 2.76. The predicted molar refractivity (Wildman–Crippen MR) is 74.5 cm³/mol. The topological polar surface area (TPSA) is 75.8 Å². The molecule has 4 aliphatic rings. The first-order chi connectivity index (χ1) is 9.72. The molecule has 0 amide bonds. The number of nitrogens with two attached hydrogens (primary N) is 1. The van der Waals surface area contributed by atoms with E-state index in [4.69, 9.17) is 15.4 Å². The molecule has 106 valence electrons. The normalized spacial score (nSPS) is 38.0. The Morgan fingerprint density at radius 1 is 1.15 bits per heavy atom. The summed E-state index contributed by atoms with van der Waals surface area (Å²) in [4.78, 5) is 4.18. The molecule has 1 aromatic rings. The molecule has 0 radical (unpaired) electrons. The highest BCUT2D eigenvalue weighted by molar-refractivity contribution is 5.40. The van der Waals surface area contributed by atoms with Gasteiger partial charge < -0.3 is 10.2 Å². The van der Waals surface area contributed by atoms with E-state index in [1.807, 2.05) is 6.07 Å². The average Bonchev–Trinajstić information content (AvgIpc) is 2.77. The summed E-state index contributed by atoms with van der Waals surface area (Å²) in [5.74, 6) is 5.59. The average molecular weight is 271 g/mol. The summed E-state index contributed by atoms with van der Waals surface area (Å²) in [7, 11) is 0. The number of hydrogen-bond acceptors (Lipinski definition) is 4. The van der Waals surface area contributed by atoms with Crippen LogP contribution in [0.2, 0.25) is 0 Å². The first kappa shape index (κ1) is 12.3. The first-order valence-corrected chi connectivity index (χ1v) is 7.88. The quantitative estimate of drug-likeness (QED) is 0.916. The minimum Gasteiger partial charge on any atom is -0.424 e. The number of oxazole rings is 1. The number of rotatable bonds is 3. The number of hydrogen-bond donors (Lipinski definition) is 1. The third kappa shape index (κ3) is 1.91. The summed E-state index contributed by atoms with van der Waals surface area (Å²) in [5, 5.41) is 8.86. The van der Waals surface area contributed by atoms with Crippen molar-refractivity contribution in [2.45, 2.75) is 44.9 Å². The Labute approximate surface area is 119 Å². The molecule has 4 nitrogen and oxygen atoms in total. The van der Waals surface area contributed by atoms with Gasteiger partial charge in [-0.25, -0.2) is 4.98 Å². The van der Waals surface area contributed by atoms with E-state index in [1.165, 1.54) is 32.1 Å². The van der Waals surface area contributed by atoms with Gasteiger partial charge in [-0.15, -0.1) is 0 Å². The van der Waals surface area contributed by atoms with Gasteiger partial charge in [0.05, 0.1) is 0 Å². The Bertz CT molecular complexity index is 529. The lowest BCUT2D eigenvalue weighted by Crippen LogP contribution is -2.45. The van der Waals surface area contributed by atoms with Gasteiger partial charge in [0.15, 0.2) is 5.89 Å². The zero-order valence-corrected chi connectivity index (χ0v) is 11.7. The lowest BCUT2D eigenvalue weighted by Gasteiger charge is -2.54. The van der Waals surface area contributed by atoms with E-state index in [0.717, 1.165) is 42.4 Å². The van der Waals surface area contributed by atoms with Gasteiger partial charge in [-0.2, -0.15) is 5.26 Å². The fourth-order valence-corrected chi connectivity index (χ4v) is 5.36. The summed E-state index contributed by atoms with van der Waals surface area (Å²) < 4.78 is 5.39. The molecule has 0 spiro atoms. The lowest BCUT2D eigenvalue weighted by molar-refractivity contribution is -0.0399. The third-order valence-electron chi connectivity index (χ3n) is 5.92. The molecule has 0 unspecified atom stereocenters. The first-order valence-electron chi connectivity index (χ1n) is 7.88. The Morgan fingerprint density at radius 2 is 1.80 bits per heavy atom. The van der Waals surface area contributed by atoms with Crippen molar-refractivity contribution in [1.29, 1.82) is 5.26 Å². The number of aryl methyl sites for hydroxylation is 1. The molecule has 1 aromatic heterocycles. The zero-order valence-electron chi connectivity index (χ0n) is 11.7. The van der Waals surface area contributed by atoms with Gasteiger partial charge in [-0.3, -0.25) is 0 Å². The van der Waals surface area contributed by atoms with Gasteiger partial charge in [0, 0.05) is 6.42 Å². The fraction of sp³-hybridized carbons (Fsp3) is 0.750. The van der Waals surface area contributed by atoms with Crippen LogP contribution in [0.25, 0.3) is 0 Å². The standard InChI is InChI=1S/C16H21N3O/c17-8-14-16(18)20-15(19-14)2-1-13-11-4-9-3-10(6-11)7-12(13)5-9/h9-13H,1-7,18H2. The molecule has 4 saturated carbocycles. The molecule has 2 N–H and O–H groups in total. The van der Waals surface area contributed by atoms with E-state index in [0.29, 0.717) is 5.89 Å². The number of nitrogen functional groups attached to an aromatic ring is 1. The van der Waals surface area contributed by atoms with Crippen molar-refractivity contribution in [3.05, 3.63) is 11.6 Å². The maximum Gasteiger partial charge on any atom is 0.229 e. The van der Waals surface area contributed by atoms with Crippen LogP contribution < -0.4 is 5.73 Å². The molecular formula is C16H21N3O. The highest BCUT2D eigenvalue weighted by Gasteiger charge is 2.47. The summed E-state index contributed by atoms with van der Waals surface area (Å²) in [6.45, 7) is 0. The minimum atomic E-state index is 0.174. The van der Waals surface area contributed by atoms with Crippen LogP contribution in [0.4, 0.5) is 5.88 Å². The molecule has 4 bridgehead atoms. The summed E-state index contributed by atoms with van der Waals surface area (Å²) in [5.41, 5.74) is 5.87. The minimum absolute atomic E-state index is 0.174. The van der Waals surface area contributed by atoms with Crippen molar-refractivity contribution in [2.75, 3.05) is 5.73 Å². The van der Waals surface area contributed by atoms with Gasteiger partial charge in [0.2, 0.25) is 11.6 Å². The molecule has 4 aliphatic carbocycles. The van der Waals surface area contributed by atoms with Gasteiger partial charge in [0.25, 0.3) is 0 Å². The van der Waals surface area contributed by atoms with Crippen LogP contribution in [0, 0.1) is 40.9 Å². The Morgan fingerprint density at radius 3 is 2.35 bits per heavy atom. The number of aromatic nitrogens is 1. The van der Waals surface area contributed by atoms with Crippen LogP contribution in [0.15, 0.2) is 4.42 Å². The van der Waals surface area contributed by atoms with Crippen molar-refractivity contribution in [2.24, 2.45) is 29.6 Å². The van der Waals surface area contributed by atoms with Crippen molar-refractivity contribution in [3.8, 4) is 6.07 Å². The molecule has 0 aliphatic heterocycles. The molecule has 0 aromatic carbocycles. The van der Waals surface area contributed by atoms with Crippen LogP contribution in [-0.4, -0.2) is 4.98 Å². The van der Waals surface area contributed by atoms with E-state index in [1.54, 1.807) is 0 Å². The number of anilines is 1. The summed E-state index contributed by atoms with van der Waals surface area (Å²) >= 11 is 0. The predicted octanol–water partition coefficient (Wildman–Crippen LogP) is 3.13. The van der Waals surface area contributed by atoms with Crippen molar-refractivity contribution < 1.29 is 4.42 Å². The van der Waals surface area contributed by atoms with Crippen LogP contribution in [-0.2, 0) is 6.42 Å². The molecule has 4 fully saturated rings. The smallest absolute Gasteiger partial charge is 0.229 e. The highest BCUT2D eigenvalue weighted by Crippen LogP contribution is 2.57. The largest absolute Gasteiger partial charge is 0.424 e. The monoisotopic (exact) mass is 271 g/mol. The van der Waals surface area contributed by atoms with E-state index >= 15 is 0 Å². The molecular weight excluding hydrogens is 250 g/mol. The molecule has 4 heteroatoms. The molecule has 20 heavy (non-hydrogen) atoms. The Hall–Kier alpha value is -1.50.